The number of amides is 1. The molecular formula is C31H38N8O2. The molecule has 1 amide bonds. The molecule has 41 heavy (non-hydrogen) atoms. The van der Waals surface area contributed by atoms with Crippen molar-refractivity contribution in [3.8, 4) is 6.07 Å². The number of hydrogen-bond donors (Lipinski definition) is 2. The maximum Gasteiger partial charge on any atom is 0.274 e. The normalized spacial score (nSPS) is 22.7. The largest absolute Gasteiger partial charge is 0.386 e. The van der Waals surface area contributed by atoms with Crippen molar-refractivity contribution in [1.29, 1.82) is 5.26 Å². The van der Waals surface area contributed by atoms with Crippen LogP contribution in [0.4, 0.5) is 5.69 Å². The fourth-order valence-corrected chi connectivity index (χ4v) is 6.66. The Hall–Kier alpha value is -3.78. The summed E-state index contributed by atoms with van der Waals surface area (Å²) in [5.74, 6) is -0.351. The Morgan fingerprint density at radius 2 is 1.88 bits per heavy atom. The van der Waals surface area contributed by atoms with Crippen LogP contribution in [0.2, 0.25) is 0 Å². The average Bonchev–Trinajstić information content (AvgIpc) is 3.56. The molecule has 214 valence electrons. The van der Waals surface area contributed by atoms with Crippen molar-refractivity contribution in [3.05, 3.63) is 59.5 Å². The van der Waals surface area contributed by atoms with Gasteiger partial charge in [0, 0.05) is 54.6 Å². The Morgan fingerprint density at radius 1 is 1.12 bits per heavy atom. The van der Waals surface area contributed by atoms with Gasteiger partial charge in [-0.1, -0.05) is 0 Å². The first kappa shape index (κ1) is 27.4. The van der Waals surface area contributed by atoms with Crippen molar-refractivity contribution in [2.24, 2.45) is 0 Å². The number of carbonyl (C=O) groups excluding carboxylic acids is 1. The highest BCUT2D eigenvalue weighted by atomic mass is 16.3. The Balaban J connectivity index is 1.23. The molecule has 4 heterocycles. The Labute approximate surface area is 240 Å². The van der Waals surface area contributed by atoms with Gasteiger partial charge < -0.3 is 15.3 Å². The van der Waals surface area contributed by atoms with Gasteiger partial charge in [0.2, 0.25) is 0 Å². The third-order valence-electron chi connectivity index (χ3n) is 8.82. The molecule has 1 aliphatic heterocycles. The number of benzene rings is 1. The summed E-state index contributed by atoms with van der Waals surface area (Å²) >= 11 is 0. The number of nitriles is 1. The third-order valence-corrected chi connectivity index (χ3v) is 8.82. The Kier molecular flexibility index (Phi) is 7.06. The lowest BCUT2D eigenvalue weighted by Gasteiger charge is -2.45. The molecule has 10 nitrogen and oxygen atoms in total. The number of anilines is 1. The molecule has 4 aromatic rings. The van der Waals surface area contributed by atoms with Gasteiger partial charge in [0.25, 0.3) is 5.91 Å². The van der Waals surface area contributed by atoms with Gasteiger partial charge in [-0.2, -0.15) is 15.5 Å². The number of rotatable bonds is 5. The van der Waals surface area contributed by atoms with Crippen LogP contribution in [0.3, 0.4) is 0 Å². The summed E-state index contributed by atoms with van der Waals surface area (Å²) in [5.41, 5.74) is 2.16. The Bertz CT molecular complexity index is 1630. The molecule has 1 aromatic carbocycles. The number of nitrogens with one attached hydrogen (secondary N) is 1. The van der Waals surface area contributed by atoms with E-state index in [1.165, 1.54) is 23.6 Å². The minimum atomic E-state index is -1.20. The first-order valence-electron chi connectivity index (χ1n) is 14.5. The summed E-state index contributed by atoms with van der Waals surface area (Å²) < 4.78 is 3.60. The zero-order valence-electron chi connectivity index (χ0n) is 24.2. The topological polar surface area (TPSA) is 115 Å². The molecule has 3 aromatic heterocycles. The summed E-state index contributed by atoms with van der Waals surface area (Å²) in [4.78, 5) is 18.5. The van der Waals surface area contributed by atoms with Gasteiger partial charge in [-0.3, -0.25) is 14.4 Å². The SMILES string of the molecule is C[C@@H]1CN(C)CCN1C1CCC(n2cc3cc(NC(=O)c4ccc5cc(C#N)cnn45)c(C(C)(C)O)cc3n2)CC1. The molecule has 0 bridgehead atoms. The van der Waals surface area contributed by atoms with Gasteiger partial charge in [0.15, 0.2) is 0 Å². The van der Waals surface area contributed by atoms with E-state index in [1.807, 2.05) is 12.1 Å². The second-order valence-electron chi connectivity index (χ2n) is 12.3. The highest BCUT2D eigenvalue weighted by molar-refractivity contribution is 6.05. The lowest BCUT2D eigenvalue weighted by molar-refractivity contribution is 0.0388. The second kappa shape index (κ2) is 10.6. The van der Waals surface area contributed by atoms with E-state index in [1.54, 1.807) is 32.0 Å². The standard InChI is InChI=1S/C31H38N8O2/c1-20-18-36(4)11-12-37(20)23-5-7-24(8-6-23)38-19-22-14-28(26(31(2,3)41)15-27(22)35-38)34-30(40)29-10-9-25-13-21(16-32)17-33-39(25)29/h9-10,13-15,17,19-20,23-24,41H,5-8,11-12,18H2,1-4H3,(H,34,40)/t20-,23?,24?/m1/s1. The van der Waals surface area contributed by atoms with Gasteiger partial charge in [0.1, 0.15) is 11.8 Å². The zero-order valence-corrected chi connectivity index (χ0v) is 24.2. The highest BCUT2D eigenvalue weighted by Gasteiger charge is 2.32. The molecule has 1 saturated heterocycles. The van der Waals surface area contributed by atoms with Gasteiger partial charge >= 0.3 is 0 Å². The van der Waals surface area contributed by atoms with Crippen molar-refractivity contribution < 1.29 is 9.90 Å². The Morgan fingerprint density at radius 3 is 2.59 bits per heavy atom. The molecule has 2 aliphatic rings. The number of aliphatic hydroxyl groups is 1. The number of aromatic nitrogens is 4. The van der Waals surface area contributed by atoms with Crippen molar-refractivity contribution in [2.75, 3.05) is 32.0 Å². The minimum absolute atomic E-state index is 0.335. The lowest BCUT2D eigenvalue weighted by Crippen LogP contribution is -2.55. The van der Waals surface area contributed by atoms with Crippen LogP contribution in [0.15, 0.2) is 42.7 Å². The average molecular weight is 555 g/mol. The van der Waals surface area contributed by atoms with E-state index in [4.69, 9.17) is 10.4 Å². The van der Waals surface area contributed by atoms with E-state index < -0.39 is 5.60 Å². The molecule has 1 atom stereocenters. The van der Waals surface area contributed by atoms with E-state index in [-0.39, 0.29) is 5.91 Å². The summed E-state index contributed by atoms with van der Waals surface area (Å²) in [5, 5.41) is 33.3. The fraction of sp³-hybridized carbons (Fsp3) is 0.484. The molecule has 6 rings (SSSR count). The van der Waals surface area contributed by atoms with E-state index >= 15 is 0 Å². The van der Waals surface area contributed by atoms with E-state index in [0.717, 1.165) is 43.4 Å². The summed E-state index contributed by atoms with van der Waals surface area (Å²) in [6.07, 6.45) is 8.01. The van der Waals surface area contributed by atoms with Gasteiger partial charge in [0.05, 0.1) is 34.4 Å². The highest BCUT2D eigenvalue weighted by Crippen LogP contribution is 2.36. The smallest absolute Gasteiger partial charge is 0.274 e. The van der Waals surface area contributed by atoms with Crippen LogP contribution in [0, 0.1) is 11.3 Å². The molecule has 2 N–H and O–H groups in total. The number of fused-ring (bicyclic) bond motifs is 2. The monoisotopic (exact) mass is 554 g/mol. The molecule has 2 fully saturated rings. The van der Waals surface area contributed by atoms with Crippen LogP contribution in [0.1, 0.15) is 74.1 Å². The molecule has 0 unspecified atom stereocenters. The zero-order chi connectivity index (χ0) is 28.9. The predicted octanol–water partition coefficient (Wildman–Crippen LogP) is 4.15. The first-order valence-corrected chi connectivity index (χ1v) is 14.5. The fourth-order valence-electron chi connectivity index (χ4n) is 6.66. The number of nitrogens with zero attached hydrogens (tertiary/aromatic N) is 7. The van der Waals surface area contributed by atoms with Gasteiger partial charge in [-0.05, 0) is 83.8 Å². The molecular weight excluding hydrogens is 516 g/mol. The van der Waals surface area contributed by atoms with E-state index in [2.05, 4.69) is 51.1 Å². The molecule has 10 heteroatoms. The maximum absolute atomic E-state index is 13.4. The van der Waals surface area contributed by atoms with Crippen LogP contribution < -0.4 is 5.32 Å². The summed E-state index contributed by atoms with van der Waals surface area (Å²) in [6.45, 7) is 9.17. The van der Waals surface area contributed by atoms with Crippen LogP contribution >= 0.6 is 0 Å². The third kappa shape index (κ3) is 5.33. The molecule has 0 radical (unpaired) electrons. The lowest BCUT2D eigenvalue weighted by atomic mass is 9.89. The minimum Gasteiger partial charge on any atom is -0.386 e. The number of carbonyl (C=O) groups is 1. The summed E-state index contributed by atoms with van der Waals surface area (Å²) in [6, 6.07) is 12.5. The van der Waals surface area contributed by atoms with Crippen molar-refractivity contribution >= 4 is 28.0 Å². The van der Waals surface area contributed by atoms with Crippen molar-refractivity contribution in [1.82, 2.24) is 29.2 Å². The molecule has 1 aliphatic carbocycles. The predicted molar refractivity (Wildman–Crippen MR) is 158 cm³/mol. The van der Waals surface area contributed by atoms with E-state index in [0.29, 0.717) is 46.2 Å². The number of likely N-dealkylation sites (N-methyl/N-ethyl adjacent to an activating group) is 1. The second-order valence-corrected chi connectivity index (χ2v) is 12.3. The molecule has 0 spiro atoms. The number of hydrogen-bond acceptors (Lipinski definition) is 7. The van der Waals surface area contributed by atoms with Crippen LogP contribution in [0.5, 0.6) is 0 Å². The van der Waals surface area contributed by atoms with Gasteiger partial charge in [-0.25, -0.2) is 4.52 Å². The van der Waals surface area contributed by atoms with Crippen molar-refractivity contribution in [3.63, 3.8) is 0 Å². The first-order chi connectivity index (χ1) is 19.6. The van der Waals surface area contributed by atoms with Crippen LogP contribution in [0.25, 0.3) is 16.4 Å². The quantitative estimate of drug-likeness (QED) is 0.381. The van der Waals surface area contributed by atoms with Crippen molar-refractivity contribution in [2.45, 2.75) is 70.2 Å². The van der Waals surface area contributed by atoms with Crippen LogP contribution in [-0.4, -0.2) is 79.0 Å². The molecule has 1 saturated carbocycles. The van der Waals surface area contributed by atoms with Crippen LogP contribution in [-0.2, 0) is 5.60 Å². The van der Waals surface area contributed by atoms with Gasteiger partial charge in [-0.15, -0.1) is 0 Å². The summed E-state index contributed by atoms with van der Waals surface area (Å²) in [7, 11) is 2.21. The van der Waals surface area contributed by atoms with E-state index in [9.17, 15) is 9.90 Å². The number of piperazine rings is 1. The maximum atomic E-state index is 13.4.